The van der Waals surface area contributed by atoms with E-state index >= 15 is 0 Å². The summed E-state index contributed by atoms with van der Waals surface area (Å²) in [5.41, 5.74) is 1.30. The largest absolute Gasteiger partial charge is 0.349 e. The topological polar surface area (TPSA) is 39.1 Å². The highest BCUT2D eigenvalue weighted by Crippen LogP contribution is 2.14. The molecule has 0 bridgehead atoms. The molecule has 0 aliphatic carbocycles. The highest BCUT2D eigenvalue weighted by molar-refractivity contribution is 5.43. The van der Waals surface area contributed by atoms with Crippen LogP contribution in [-0.4, -0.2) is 11.5 Å². The van der Waals surface area contributed by atoms with Gasteiger partial charge >= 0.3 is 0 Å². The fourth-order valence-electron chi connectivity index (χ4n) is 1.23. The van der Waals surface area contributed by atoms with Crippen molar-refractivity contribution >= 4 is 5.82 Å². The molecule has 0 fully saturated rings. The van der Waals surface area contributed by atoms with Crippen molar-refractivity contribution in [2.45, 2.75) is 12.8 Å². The Labute approximate surface area is 59.5 Å². The van der Waals surface area contributed by atoms with Gasteiger partial charge in [0.25, 0.3) is 6.33 Å². The minimum absolute atomic E-state index is 1.05. The summed E-state index contributed by atoms with van der Waals surface area (Å²) in [4.78, 5) is 7.12. The second kappa shape index (κ2) is 2.25. The van der Waals surface area contributed by atoms with Crippen LogP contribution in [0.15, 0.2) is 12.5 Å². The summed E-state index contributed by atoms with van der Waals surface area (Å²) < 4.78 is 0. The van der Waals surface area contributed by atoms with Crippen molar-refractivity contribution in [3.8, 4) is 0 Å². The smallest absolute Gasteiger partial charge is 0.286 e. The van der Waals surface area contributed by atoms with E-state index in [9.17, 15) is 0 Å². The van der Waals surface area contributed by atoms with E-state index in [-0.39, 0.29) is 0 Å². The summed E-state index contributed by atoms with van der Waals surface area (Å²) in [5.74, 6) is 1.05. The van der Waals surface area contributed by atoms with Gasteiger partial charge in [-0.25, -0.2) is 4.98 Å². The van der Waals surface area contributed by atoms with Crippen molar-refractivity contribution in [3.63, 3.8) is 0 Å². The summed E-state index contributed by atoms with van der Waals surface area (Å²) >= 11 is 0. The monoisotopic (exact) mass is 136 g/mol. The van der Waals surface area contributed by atoms with E-state index in [1.165, 1.54) is 12.0 Å². The zero-order valence-electron chi connectivity index (χ0n) is 5.72. The van der Waals surface area contributed by atoms with Gasteiger partial charge in [-0.15, -0.1) is 0 Å². The first-order chi connectivity index (χ1) is 4.97. The van der Waals surface area contributed by atoms with Gasteiger partial charge in [0, 0.05) is 6.54 Å². The lowest BCUT2D eigenvalue weighted by molar-refractivity contribution is -0.383. The van der Waals surface area contributed by atoms with Crippen LogP contribution in [0.2, 0.25) is 0 Å². The van der Waals surface area contributed by atoms with E-state index in [2.05, 4.69) is 15.3 Å². The van der Waals surface area contributed by atoms with Gasteiger partial charge in [-0.2, -0.15) is 0 Å². The third kappa shape index (κ3) is 0.835. The molecule has 1 aromatic heterocycles. The average molecular weight is 136 g/mol. The van der Waals surface area contributed by atoms with Gasteiger partial charge in [0.15, 0.2) is 0 Å². The number of nitrogens with one attached hydrogen (secondary N) is 2. The summed E-state index contributed by atoms with van der Waals surface area (Å²) in [6.07, 6.45) is 6.07. The lowest BCUT2D eigenvalue weighted by atomic mass is 10.1. The molecule has 2 heterocycles. The molecule has 0 spiro atoms. The van der Waals surface area contributed by atoms with Crippen LogP contribution in [0.25, 0.3) is 0 Å². The van der Waals surface area contributed by atoms with Crippen LogP contribution in [0.5, 0.6) is 0 Å². The number of H-pyrrole nitrogens is 1. The maximum absolute atomic E-state index is 4.15. The Hall–Kier alpha value is -1.12. The first kappa shape index (κ1) is 5.65. The molecule has 10 heavy (non-hydrogen) atoms. The molecule has 0 aromatic carbocycles. The Morgan fingerprint density at radius 2 is 2.60 bits per heavy atom. The number of rotatable bonds is 0. The zero-order chi connectivity index (χ0) is 6.81. The van der Waals surface area contributed by atoms with Crippen LogP contribution in [0.1, 0.15) is 12.0 Å². The SMILES string of the molecule is c1nc2c(c[nH+]1)CCCN2. The van der Waals surface area contributed by atoms with Crippen LogP contribution in [0.4, 0.5) is 5.82 Å². The Bertz CT molecular complexity index is 209. The minimum Gasteiger partial charge on any atom is -0.349 e. The third-order valence-corrected chi connectivity index (χ3v) is 1.75. The molecule has 1 aromatic rings. The maximum Gasteiger partial charge on any atom is 0.286 e. The minimum atomic E-state index is 1.05. The molecule has 3 heteroatoms. The van der Waals surface area contributed by atoms with Gasteiger partial charge < -0.3 is 5.32 Å². The summed E-state index contributed by atoms with van der Waals surface area (Å²) in [5, 5.41) is 3.23. The van der Waals surface area contributed by atoms with Gasteiger partial charge in [-0.05, 0) is 17.8 Å². The average Bonchev–Trinajstić information content (AvgIpc) is 2.05. The van der Waals surface area contributed by atoms with Crippen molar-refractivity contribution in [1.82, 2.24) is 4.98 Å². The Morgan fingerprint density at radius 3 is 3.50 bits per heavy atom. The zero-order valence-corrected chi connectivity index (χ0v) is 5.72. The van der Waals surface area contributed by atoms with E-state index in [1.807, 2.05) is 6.20 Å². The number of aromatic nitrogens is 2. The van der Waals surface area contributed by atoms with Crippen molar-refractivity contribution in [3.05, 3.63) is 18.1 Å². The maximum atomic E-state index is 4.15. The standard InChI is InChI=1S/C7H9N3/c1-2-6-4-8-5-10-7(6)9-3-1/h4-5H,1-3H2,(H,8,9,10)/p+1. The van der Waals surface area contributed by atoms with Gasteiger partial charge in [0.2, 0.25) is 5.82 Å². The molecule has 3 nitrogen and oxygen atoms in total. The molecule has 1 aliphatic heterocycles. The predicted octanol–water partition coefficient (Wildman–Crippen LogP) is 0.254. The molecular weight excluding hydrogens is 126 g/mol. The van der Waals surface area contributed by atoms with Crippen molar-refractivity contribution in [2.75, 3.05) is 11.9 Å². The van der Waals surface area contributed by atoms with Crippen molar-refractivity contribution < 1.29 is 4.98 Å². The molecule has 0 unspecified atom stereocenters. The number of fused-ring (bicyclic) bond motifs is 1. The third-order valence-electron chi connectivity index (χ3n) is 1.75. The number of anilines is 1. The Kier molecular flexibility index (Phi) is 1.27. The predicted molar refractivity (Wildman–Crippen MR) is 37.6 cm³/mol. The number of hydrogen-bond donors (Lipinski definition) is 1. The van der Waals surface area contributed by atoms with E-state index < -0.39 is 0 Å². The number of hydrogen-bond acceptors (Lipinski definition) is 2. The van der Waals surface area contributed by atoms with Crippen molar-refractivity contribution in [2.24, 2.45) is 0 Å². The fourth-order valence-corrected chi connectivity index (χ4v) is 1.23. The fraction of sp³-hybridized carbons (Fsp3) is 0.429. The van der Waals surface area contributed by atoms with Crippen molar-refractivity contribution in [1.29, 1.82) is 0 Å². The second-order valence-electron chi connectivity index (χ2n) is 2.47. The molecule has 0 atom stereocenters. The molecule has 2 rings (SSSR count). The molecular formula is C7H10N3+. The molecule has 52 valence electrons. The Morgan fingerprint density at radius 1 is 1.60 bits per heavy atom. The van der Waals surface area contributed by atoms with Gasteiger partial charge in [0.1, 0.15) is 0 Å². The molecule has 1 aliphatic rings. The lowest BCUT2D eigenvalue weighted by Gasteiger charge is -2.10. The normalized spacial score (nSPS) is 15.6. The van der Waals surface area contributed by atoms with Crippen LogP contribution in [0, 0.1) is 0 Å². The first-order valence-electron chi connectivity index (χ1n) is 3.55. The molecule has 0 saturated heterocycles. The number of aromatic amines is 1. The summed E-state index contributed by atoms with van der Waals surface area (Å²) in [6, 6.07) is 0. The second-order valence-corrected chi connectivity index (χ2v) is 2.47. The highest BCUT2D eigenvalue weighted by Gasteiger charge is 2.12. The van der Waals surface area contributed by atoms with Gasteiger partial charge in [-0.1, -0.05) is 0 Å². The number of aryl methyl sites for hydroxylation is 1. The van der Waals surface area contributed by atoms with Gasteiger partial charge in [0.05, 0.1) is 11.8 Å². The van der Waals surface area contributed by atoms with Crippen LogP contribution < -0.4 is 10.3 Å². The molecule has 0 amide bonds. The van der Waals surface area contributed by atoms with E-state index in [0.717, 1.165) is 18.8 Å². The first-order valence-corrected chi connectivity index (χ1v) is 3.55. The lowest BCUT2D eigenvalue weighted by Crippen LogP contribution is -2.16. The van der Waals surface area contributed by atoms with Gasteiger partial charge in [-0.3, -0.25) is 0 Å². The van der Waals surface area contributed by atoms with E-state index in [1.54, 1.807) is 6.33 Å². The molecule has 2 N–H and O–H groups in total. The van der Waals surface area contributed by atoms with E-state index in [4.69, 9.17) is 0 Å². The summed E-state index contributed by atoms with van der Waals surface area (Å²) in [6.45, 7) is 1.06. The highest BCUT2D eigenvalue weighted by atomic mass is 15.0. The molecule has 0 radical (unpaired) electrons. The van der Waals surface area contributed by atoms with Crippen LogP contribution in [0.3, 0.4) is 0 Å². The summed E-state index contributed by atoms with van der Waals surface area (Å²) in [7, 11) is 0. The quantitative estimate of drug-likeness (QED) is 0.555. The van der Waals surface area contributed by atoms with Crippen LogP contribution >= 0.6 is 0 Å². The van der Waals surface area contributed by atoms with Crippen LogP contribution in [-0.2, 0) is 6.42 Å². The number of nitrogens with zero attached hydrogens (tertiary/aromatic N) is 1. The Balaban J connectivity index is 2.41. The molecule has 0 saturated carbocycles. The van der Waals surface area contributed by atoms with E-state index in [0.29, 0.717) is 0 Å².